The maximum atomic E-state index is 12.9. The van der Waals surface area contributed by atoms with Crippen molar-refractivity contribution in [3.63, 3.8) is 0 Å². The average molecular weight is 497 g/mol. The van der Waals surface area contributed by atoms with Crippen molar-refractivity contribution in [2.45, 2.75) is 32.8 Å². The van der Waals surface area contributed by atoms with Crippen molar-refractivity contribution in [3.8, 4) is 28.6 Å². The molecule has 34 heavy (non-hydrogen) atoms. The number of carbonyl (C=O) groups is 1. The summed E-state index contributed by atoms with van der Waals surface area (Å²) in [4.78, 5) is 17.3. The lowest BCUT2D eigenvalue weighted by atomic mass is 9.84. The number of rotatable bonds is 5. The van der Waals surface area contributed by atoms with Crippen molar-refractivity contribution in [1.29, 1.82) is 0 Å². The Morgan fingerprint density at radius 2 is 1.71 bits per heavy atom. The Bertz CT molecular complexity index is 1320. The summed E-state index contributed by atoms with van der Waals surface area (Å²) in [6.45, 7) is 6.05. The third-order valence-electron chi connectivity index (χ3n) is 5.25. The van der Waals surface area contributed by atoms with Crippen LogP contribution in [0.4, 0.5) is 0 Å². The first kappa shape index (κ1) is 23.8. The first-order valence-corrected chi connectivity index (χ1v) is 11.3. The number of hydrogen-bond donors (Lipinski definition) is 1. The van der Waals surface area contributed by atoms with Gasteiger partial charge in [0.1, 0.15) is 17.9 Å². The lowest BCUT2D eigenvalue weighted by Crippen LogP contribution is -2.14. The average Bonchev–Trinajstić information content (AvgIpc) is 3.27. The molecular weight excluding hydrogens is 475 g/mol. The Morgan fingerprint density at radius 3 is 2.35 bits per heavy atom. The van der Waals surface area contributed by atoms with Gasteiger partial charge in [-0.3, -0.25) is 0 Å². The van der Waals surface area contributed by atoms with E-state index in [4.69, 9.17) is 32.5 Å². The van der Waals surface area contributed by atoms with Crippen molar-refractivity contribution in [2.24, 2.45) is 0 Å². The van der Waals surface area contributed by atoms with E-state index in [0.717, 1.165) is 11.1 Å². The van der Waals surface area contributed by atoms with Crippen LogP contribution in [0, 0.1) is 0 Å². The Labute approximate surface area is 207 Å². The molecule has 174 valence electrons. The van der Waals surface area contributed by atoms with Crippen molar-refractivity contribution in [2.75, 3.05) is 0 Å². The molecule has 0 amide bonds. The third-order valence-corrected chi connectivity index (χ3v) is 5.88. The predicted octanol–water partition coefficient (Wildman–Crippen LogP) is 7.07. The van der Waals surface area contributed by atoms with Gasteiger partial charge in [-0.2, -0.15) is 4.98 Å². The molecule has 0 atom stereocenters. The van der Waals surface area contributed by atoms with E-state index in [-0.39, 0.29) is 40.6 Å². The topological polar surface area (TPSA) is 85.5 Å². The summed E-state index contributed by atoms with van der Waals surface area (Å²) in [5, 5.41) is 15.7. The summed E-state index contributed by atoms with van der Waals surface area (Å²) in [5.41, 5.74) is 1.90. The van der Waals surface area contributed by atoms with Crippen LogP contribution in [0.15, 0.2) is 65.2 Å². The number of aromatic hydroxyl groups is 1. The SMILES string of the molecule is CC(C)(C)c1cc(C(=O)OCc2ccccc2)c(O)c(-c2nc(-c3c(Cl)cccc3Cl)no2)c1. The van der Waals surface area contributed by atoms with Gasteiger partial charge in [-0.1, -0.05) is 85.5 Å². The number of aromatic nitrogens is 2. The smallest absolute Gasteiger partial charge is 0.342 e. The van der Waals surface area contributed by atoms with Crippen molar-refractivity contribution < 1.29 is 19.2 Å². The largest absolute Gasteiger partial charge is 0.506 e. The highest BCUT2D eigenvalue weighted by Crippen LogP contribution is 2.39. The number of benzene rings is 3. The van der Waals surface area contributed by atoms with Crippen LogP contribution >= 0.6 is 23.2 Å². The molecule has 1 heterocycles. The molecule has 0 radical (unpaired) electrons. The zero-order valence-corrected chi connectivity index (χ0v) is 20.3. The number of phenolic OH excluding ortho intramolecular Hbond substituents is 1. The second-order valence-corrected chi connectivity index (χ2v) is 9.57. The van der Waals surface area contributed by atoms with Crippen LogP contribution < -0.4 is 0 Å². The highest BCUT2D eigenvalue weighted by atomic mass is 35.5. The molecule has 0 saturated heterocycles. The van der Waals surface area contributed by atoms with Gasteiger partial charge in [0.15, 0.2) is 0 Å². The van der Waals surface area contributed by atoms with Crippen LogP contribution in [0.3, 0.4) is 0 Å². The minimum atomic E-state index is -0.664. The fourth-order valence-electron chi connectivity index (χ4n) is 3.33. The molecule has 0 spiro atoms. The van der Waals surface area contributed by atoms with Crippen LogP contribution in [0.5, 0.6) is 5.75 Å². The Morgan fingerprint density at radius 1 is 1.03 bits per heavy atom. The second kappa shape index (κ2) is 9.49. The normalized spacial score (nSPS) is 11.4. The van der Waals surface area contributed by atoms with Crippen molar-refractivity contribution in [3.05, 3.63) is 87.4 Å². The van der Waals surface area contributed by atoms with Crippen molar-refractivity contribution in [1.82, 2.24) is 10.1 Å². The number of halogens is 2. The second-order valence-electron chi connectivity index (χ2n) is 8.75. The molecule has 8 heteroatoms. The quantitative estimate of drug-likeness (QED) is 0.297. The molecule has 0 aliphatic rings. The zero-order chi connectivity index (χ0) is 24.5. The van der Waals surface area contributed by atoms with Gasteiger partial charge in [0.05, 0.1) is 21.2 Å². The van der Waals surface area contributed by atoms with E-state index >= 15 is 0 Å². The fourth-order valence-corrected chi connectivity index (χ4v) is 3.90. The molecule has 0 saturated carbocycles. The first-order chi connectivity index (χ1) is 16.1. The van der Waals surface area contributed by atoms with Gasteiger partial charge in [-0.15, -0.1) is 0 Å². The van der Waals surface area contributed by atoms with E-state index in [1.807, 2.05) is 51.1 Å². The van der Waals surface area contributed by atoms with Crippen LogP contribution in [0.2, 0.25) is 10.0 Å². The third kappa shape index (κ3) is 4.93. The summed E-state index contributed by atoms with van der Waals surface area (Å²) in [6, 6.07) is 17.7. The number of nitrogens with zero attached hydrogens (tertiary/aromatic N) is 2. The predicted molar refractivity (Wildman–Crippen MR) is 131 cm³/mol. The van der Waals surface area contributed by atoms with Gasteiger partial charge in [0, 0.05) is 0 Å². The Kier molecular flexibility index (Phi) is 6.64. The lowest BCUT2D eigenvalue weighted by molar-refractivity contribution is 0.0469. The molecule has 6 nitrogen and oxygen atoms in total. The van der Waals surface area contributed by atoms with Crippen LogP contribution in [-0.4, -0.2) is 21.2 Å². The maximum Gasteiger partial charge on any atom is 0.342 e. The lowest BCUT2D eigenvalue weighted by Gasteiger charge is -2.21. The fraction of sp³-hybridized carbons (Fsp3) is 0.192. The summed E-state index contributed by atoms with van der Waals surface area (Å²) in [6.07, 6.45) is 0. The number of esters is 1. The van der Waals surface area contributed by atoms with Gasteiger partial charge in [0.2, 0.25) is 5.82 Å². The van der Waals surface area contributed by atoms with Gasteiger partial charge >= 0.3 is 5.97 Å². The van der Waals surface area contributed by atoms with Gasteiger partial charge in [-0.05, 0) is 40.8 Å². The summed E-state index contributed by atoms with van der Waals surface area (Å²) in [7, 11) is 0. The molecule has 4 rings (SSSR count). The molecular formula is C26H22Cl2N2O4. The molecule has 1 aromatic heterocycles. The molecule has 0 bridgehead atoms. The highest BCUT2D eigenvalue weighted by Gasteiger charge is 2.26. The van der Waals surface area contributed by atoms with E-state index < -0.39 is 5.97 Å². The first-order valence-electron chi connectivity index (χ1n) is 10.5. The molecule has 0 fully saturated rings. The van der Waals surface area contributed by atoms with E-state index in [0.29, 0.717) is 15.6 Å². The van der Waals surface area contributed by atoms with Gasteiger partial charge in [-0.25, -0.2) is 4.79 Å². The summed E-state index contributed by atoms with van der Waals surface area (Å²) < 4.78 is 10.9. The molecule has 0 unspecified atom stereocenters. The van der Waals surface area contributed by atoms with E-state index in [9.17, 15) is 9.90 Å². The molecule has 0 aliphatic heterocycles. The standard InChI is InChI=1S/C26H22Cl2N2O4/c1-26(2,3)16-12-17(24-29-23(30-34-24)21-19(27)10-7-11-20(21)28)22(31)18(13-16)25(32)33-14-15-8-5-4-6-9-15/h4-13,31H,14H2,1-3H3. The number of carbonyl (C=O) groups excluding carboxylic acids is 1. The molecule has 3 aromatic carbocycles. The monoisotopic (exact) mass is 496 g/mol. The number of ether oxygens (including phenoxy) is 1. The van der Waals surface area contributed by atoms with Gasteiger partial charge in [0.25, 0.3) is 5.89 Å². The van der Waals surface area contributed by atoms with Crippen molar-refractivity contribution >= 4 is 29.2 Å². The van der Waals surface area contributed by atoms with E-state index in [2.05, 4.69) is 10.1 Å². The number of hydrogen-bond acceptors (Lipinski definition) is 6. The molecule has 4 aromatic rings. The van der Waals surface area contributed by atoms with E-state index in [1.165, 1.54) is 0 Å². The Balaban J connectivity index is 1.75. The molecule has 1 N–H and O–H groups in total. The Hall–Kier alpha value is -3.35. The minimum absolute atomic E-state index is 0.00822. The summed E-state index contributed by atoms with van der Waals surface area (Å²) in [5.74, 6) is -0.792. The highest BCUT2D eigenvalue weighted by molar-refractivity contribution is 6.38. The molecule has 0 aliphatic carbocycles. The minimum Gasteiger partial charge on any atom is -0.506 e. The maximum absolute atomic E-state index is 12.9. The van der Waals surface area contributed by atoms with Crippen LogP contribution in [-0.2, 0) is 16.8 Å². The zero-order valence-electron chi connectivity index (χ0n) is 18.8. The number of phenols is 1. The van der Waals surface area contributed by atoms with E-state index in [1.54, 1.807) is 30.3 Å². The van der Waals surface area contributed by atoms with Crippen LogP contribution in [0.1, 0.15) is 42.3 Å². The summed E-state index contributed by atoms with van der Waals surface area (Å²) >= 11 is 12.5. The van der Waals surface area contributed by atoms with Gasteiger partial charge < -0.3 is 14.4 Å². The van der Waals surface area contributed by atoms with Crippen LogP contribution in [0.25, 0.3) is 22.8 Å².